The normalized spacial score (nSPS) is 22.9. The first-order chi connectivity index (χ1) is 7.05. The minimum Gasteiger partial charge on any atom is -0.383 e. The average molecular weight is 290 g/mol. The van der Waals surface area contributed by atoms with Crippen molar-refractivity contribution in [2.24, 2.45) is 0 Å². The van der Waals surface area contributed by atoms with Gasteiger partial charge in [0.05, 0.1) is 15.8 Å². The molecule has 5 heteroatoms. The maximum Gasteiger partial charge on any atom is 0.184 e. The van der Waals surface area contributed by atoms with E-state index in [1.807, 2.05) is 6.92 Å². The van der Waals surface area contributed by atoms with Crippen molar-refractivity contribution in [2.45, 2.75) is 23.5 Å². The van der Waals surface area contributed by atoms with E-state index < -0.39 is 9.84 Å². The van der Waals surface area contributed by atoms with Crippen molar-refractivity contribution in [3.63, 3.8) is 0 Å². The third-order valence-corrected chi connectivity index (χ3v) is 5.50. The molecule has 1 unspecified atom stereocenters. The van der Waals surface area contributed by atoms with Gasteiger partial charge < -0.3 is 5.32 Å². The second-order valence-corrected chi connectivity index (χ2v) is 6.71. The summed E-state index contributed by atoms with van der Waals surface area (Å²) in [5.74, 6) is 0. The van der Waals surface area contributed by atoms with Gasteiger partial charge in [0.1, 0.15) is 0 Å². The Balaban J connectivity index is 2.58. The Morgan fingerprint density at radius 1 is 1.53 bits per heavy atom. The van der Waals surface area contributed by atoms with Crippen LogP contribution in [-0.2, 0) is 9.84 Å². The van der Waals surface area contributed by atoms with Crippen LogP contribution in [0.2, 0.25) is 0 Å². The second kappa shape index (κ2) is 3.79. The molecule has 0 fully saturated rings. The number of nitrogens with one attached hydrogen (secondary N) is 1. The highest BCUT2D eigenvalue weighted by atomic mass is 79.9. The molecular weight excluding hydrogens is 278 g/mol. The Hall–Kier alpha value is -0.550. The van der Waals surface area contributed by atoms with Gasteiger partial charge >= 0.3 is 0 Å². The quantitative estimate of drug-likeness (QED) is 0.864. The fourth-order valence-corrected chi connectivity index (χ4v) is 3.92. The van der Waals surface area contributed by atoms with Crippen LogP contribution in [-0.4, -0.2) is 20.2 Å². The molecule has 1 atom stereocenters. The molecule has 1 N–H and O–H groups in total. The van der Waals surface area contributed by atoms with Crippen LogP contribution in [0, 0.1) is 0 Å². The fraction of sp³-hybridized carbons (Fsp3) is 0.400. The van der Waals surface area contributed by atoms with Crippen LogP contribution < -0.4 is 5.32 Å². The van der Waals surface area contributed by atoms with E-state index in [9.17, 15) is 8.42 Å². The summed E-state index contributed by atoms with van der Waals surface area (Å²) in [5, 5.41) is 2.85. The van der Waals surface area contributed by atoms with Gasteiger partial charge in [0.2, 0.25) is 0 Å². The van der Waals surface area contributed by atoms with Crippen molar-refractivity contribution in [1.29, 1.82) is 0 Å². The molecule has 0 saturated carbocycles. The first-order valence-electron chi connectivity index (χ1n) is 4.83. The van der Waals surface area contributed by atoms with E-state index in [0.29, 0.717) is 23.5 Å². The average Bonchev–Trinajstić information content (AvgIpc) is 2.17. The van der Waals surface area contributed by atoms with Crippen LogP contribution in [0.15, 0.2) is 27.6 Å². The van der Waals surface area contributed by atoms with Gasteiger partial charge in [-0.2, -0.15) is 0 Å². The molecule has 0 radical (unpaired) electrons. The molecule has 0 spiro atoms. The number of benzene rings is 1. The number of anilines is 1. The Morgan fingerprint density at radius 2 is 2.27 bits per heavy atom. The summed E-state index contributed by atoms with van der Waals surface area (Å²) in [5.41, 5.74) is 0.703. The third kappa shape index (κ3) is 1.78. The molecule has 3 nitrogen and oxygen atoms in total. The van der Waals surface area contributed by atoms with Gasteiger partial charge in [0, 0.05) is 11.0 Å². The van der Waals surface area contributed by atoms with Crippen molar-refractivity contribution < 1.29 is 8.42 Å². The highest BCUT2D eigenvalue weighted by Crippen LogP contribution is 2.32. The van der Waals surface area contributed by atoms with Crippen molar-refractivity contribution >= 4 is 31.5 Å². The topological polar surface area (TPSA) is 46.2 Å². The van der Waals surface area contributed by atoms with Gasteiger partial charge in [-0.3, -0.25) is 0 Å². The van der Waals surface area contributed by atoms with Gasteiger partial charge in [-0.05, 0) is 24.6 Å². The SMILES string of the molecule is CCC1CNc2cc(Br)ccc2S1(=O)=O. The Kier molecular flexibility index (Phi) is 2.77. The molecule has 1 aliphatic rings. The molecule has 0 aliphatic carbocycles. The van der Waals surface area contributed by atoms with Crippen molar-refractivity contribution in [2.75, 3.05) is 11.9 Å². The second-order valence-electron chi connectivity index (χ2n) is 3.60. The van der Waals surface area contributed by atoms with Gasteiger partial charge in [0.25, 0.3) is 0 Å². The molecular formula is C10H12BrNO2S. The summed E-state index contributed by atoms with van der Waals surface area (Å²) in [6, 6.07) is 5.22. The number of hydrogen-bond donors (Lipinski definition) is 1. The van der Waals surface area contributed by atoms with Gasteiger partial charge in [-0.15, -0.1) is 0 Å². The lowest BCUT2D eigenvalue weighted by molar-refractivity contribution is 0.574. The predicted molar refractivity (Wildman–Crippen MR) is 63.9 cm³/mol. The first-order valence-corrected chi connectivity index (χ1v) is 7.17. The smallest absolute Gasteiger partial charge is 0.184 e. The number of hydrogen-bond acceptors (Lipinski definition) is 3. The molecule has 0 bridgehead atoms. The van der Waals surface area contributed by atoms with Gasteiger partial charge in [0.15, 0.2) is 9.84 Å². The van der Waals surface area contributed by atoms with Crippen LogP contribution in [0.4, 0.5) is 5.69 Å². The Morgan fingerprint density at radius 3 is 2.93 bits per heavy atom. The largest absolute Gasteiger partial charge is 0.383 e. The van der Waals surface area contributed by atoms with Crippen molar-refractivity contribution in [1.82, 2.24) is 0 Å². The molecule has 15 heavy (non-hydrogen) atoms. The predicted octanol–water partition coefficient (Wildman–Crippen LogP) is 2.43. The number of rotatable bonds is 1. The zero-order valence-corrected chi connectivity index (χ0v) is 10.7. The molecule has 1 heterocycles. The van der Waals surface area contributed by atoms with E-state index >= 15 is 0 Å². The summed E-state index contributed by atoms with van der Waals surface area (Å²) in [4.78, 5) is 0.420. The fourth-order valence-electron chi connectivity index (χ4n) is 1.77. The summed E-state index contributed by atoms with van der Waals surface area (Å²) in [6.45, 7) is 2.40. The van der Waals surface area contributed by atoms with E-state index in [4.69, 9.17) is 0 Å². The van der Waals surface area contributed by atoms with E-state index in [1.165, 1.54) is 0 Å². The minimum absolute atomic E-state index is 0.300. The number of sulfone groups is 1. The highest BCUT2D eigenvalue weighted by Gasteiger charge is 2.32. The zero-order chi connectivity index (χ0) is 11.1. The number of fused-ring (bicyclic) bond motifs is 1. The summed E-state index contributed by atoms with van der Waals surface area (Å²) in [7, 11) is -3.13. The Bertz CT molecular complexity index is 484. The molecule has 0 amide bonds. The van der Waals surface area contributed by atoms with Crippen LogP contribution >= 0.6 is 15.9 Å². The van der Waals surface area contributed by atoms with Crippen LogP contribution in [0.1, 0.15) is 13.3 Å². The lowest BCUT2D eigenvalue weighted by atomic mass is 10.2. The number of halogens is 1. The maximum atomic E-state index is 12.1. The van der Waals surface area contributed by atoms with E-state index in [0.717, 1.165) is 4.47 Å². The zero-order valence-electron chi connectivity index (χ0n) is 8.33. The molecule has 0 saturated heterocycles. The van der Waals surface area contributed by atoms with E-state index in [-0.39, 0.29) is 5.25 Å². The Labute approximate surface area is 97.9 Å². The molecule has 82 valence electrons. The highest BCUT2D eigenvalue weighted by molar-refractivity contribution is 9.10. The lowest BCUT2D eigenvalue weighted by Crippen LogP contribution is -2.33. The standard InChI is InChI=1S/C10H12BrNO2S/c1-2-8-6-12-9-5-7(11)3-4-10(9)15(8,13)14/h3-5,8,12H,2,6H2,1H3. The van der Waals surface area contributed by atoms with Crippen molar-refractivity contribution in [3.05, 3.63) is 22.7 Å². The van der Waals surface area contributed by atoms with E-state index in [2.05, 4.69) is 21.2 Å². The minimum atomic E-state index is -3.13. The molecule has 0 aromatic heterocycles. The van der Waals surface area contributed by atoms with Gasteiger partial charge in [-0.25, -0.2) is 8.42 Å². The lowest BCUT2D eigenvalue weighted by Gasteiger charge is -2.25. The third-order valence-electron chi connectivity index (χ3n) is 2.66. The van der Waals surface area contributed by atoms with Crippen LogP contribution in [0.5, 0.6) is 0 Å². The molecule has 1 aliphatic heterocycles. The maximum absolute atomic E-state index is 12.1. The summed E-state index contributed by atoms with van der Waals surface area (Å²) >= 11 is 3.33. The first kappa shape index (κ1) is 11.0. The van der Waals surface area contributed by atoms with Crippen LogP contribution in [0.3, 0.4) is 0 Å². The monoisotopic (exact) mass is 289 g/mol. The van der Waals surface area contributed by atoms with Gasteiger partial charge in [-0.1, -0.05) is 22.9 Å². The van der Waals surface area contributed by atoms with Crippen molar-refractivity contribution in [3.8, 4) is 0 Å². The summed E-state index contributed by atoms with van der Waals surface area (Å²) < 4.78 is 25.1. The van der Waals surface area contributed by atoms with E-state index in [1.54, 1.807) is 18.2 Å². The molecule has 1 aromatic rings. The summed E-state index contributed by atoms with van der Waals surface area (Å²) in [6.07, 6.45) is 0.644. The molecule has 2 rings (SSSR count). The van der Waals surface area contributed by atoms with Crippen LogP contribution in [0.25, 0.3) is 0 Å². The molecule has 1 aromatic carbocycles.